The number of anilines is 2. The van der Waals surface area contributed by atoms with Crippen LogP contribution in [0.4, 0.5) is 11.5 Å². The van der Waals surface area contributed by atoms with E-state index in [-0.39, 0.29) is 0 Å². The van der Waals surface area contributed by atoms with Crippen LogP contribution < -0.4 is 14.8 Å². The Labute approximate surface area is 217 Å². The van der Waals surface area contributed by atoms with E-state index in [4.69, 9.17) is 26.1 Å². The minimum atomic E-state index is 0.376. The number of hydrogen-bond acceptors (Lipinski definition) is 6. The first-order valence-electron chi connectivity index (χ1n) is 12.1. The molecule has 0 fully saturated rings. The van der Waals surface area contributed by atoms with Crippen molar-refractivity contribution in [1.82, 2.24) is 14.9 Å². The molecule has 0 bridgehead atoms. The Morgan fingerprint density at radius 1 is 0.806 bits per heavy atom. The van der Waals surface area contributed by atoms with E-state index in [0.29, 0.717) is 23.4 Å². The van der Waals surface area contributed by atoms with Crippen molar-refractivity contribution in [3.63, 3.8) is 0 Å². The Morgan fingerprint density at radius 2 is 1.47 bits per heavy atom. The van der Waals surface area contributed by atoms with Crippen LogP contribution in [0.5, 0.6) is 11.5 Å². The predicted octanol–water partition coefficient (Wildman–Crippen LogP) is 6.94. The quantitative estimate of drug-likeness (QED) is 0.224. The van der Waals surface area contributed by atoms with Crippen LogP contribution in [0, 0.1) is 0 Å². The van der Waals surface area contributed by atoms with Gasteiger partial charge in [0.05, 0.1) is 12.7 Å². The van der Waals surface area contributed by atoms with Crippen LogP contribution in [0.3, 0.4) is 0 Å². The highest BCUT2D eigenvalue weighted by Gasteiger charge is 2.17. The summed E-state index contributed by atoms with van der Waals surface area (Å²) in [5, 5.41) is 3.82. The van der Waals surface area contributed by atoms with E-state index in [1.54, 1.807) is 7.11 Å². The number of nitrogens with one attached hydrogen (secondary N) is 1. The standard InChI is InChI=1S/C29H31ClN4O2/c1-4-34(5-2)19-20-36-25-17-13-23(14-18-25)31-29-26(21-9-7-6-8-10-21)27(30)32-28(33-29)22-11-15-24(35-3)16-12-22/h6-18H,4-5,19-20H2,1-3H3,(H,31,32,33). The number of halogens is 1. The molecule has 0 atom stereocenters. The fraction of sp³-hybridized carbons (Fsp3) is 0.241. The largest absolute Gasteiger partial charge is 0.497 e. The first-order valence-corrected chi connectivity index (χ1v) is 12.5. The second kappa shape index (κ2) is 12.4. The minimum absolute atomic E-state index is 0.376. The maximum absolute atomic E-state index is 6.74. The molecule has 4 rings (SSSR count). The van der Waals surface area contributed by atoms with E-state index in [1.165, 1.54) is 0 Å². The zero-order chi connectivity index (χ0) is 25.3. The SMILES string of the molecule is CCN(CC)CCOc1ccc(Nc2nc(-c3ccc(OC)cc3)nc(Cl)c2-c2ccccc2)cc1. The molecule has 1 heterocycles. The van der Waals surface area contributed by atoms with Crippen molar-refractivity contribution >= 4 is 23.1 Å². The molecule has 1 aromatic heterocycles. The van der Waals surface area contributed by atoms with Crippen LogP contribution in [0.15, 0.2) is 78.9 Å². The number of hydrogen-bond donors (Lipinski definition) is 1. The third kappa shape index (κ3) is 6.33. The second-order valence-corrected chi connectivity index (χ2v) is 8.54. The van der Waals surface area contributed by atoms with Crippen molar-refractivity contribution in [3.05, 3.63) is 84.0 Å². The first-order chi connectivity index (χ1) is 17.6. The zero-order valence-corrected chi connectivity index (χ0v) is 21.6. The number of ether oxygens (including phenoxy) is 2. The highest BCUT2D eigenvalue weighted by molar-refractivity contribution is 6.33. The highest BCUT2D eigenvalue weighted by atomic mass is 35.5. The molecule has 0 amide bonds. The van der Waals surface area contributed by atoms with Crippen LogP contribution in [-0.4, -0.2) is 48.2 Å². The molecule has 0 aliphatic carbocycles. The van der Waals surface area contributed by atoms with Crippen LogP contribution in [0.1, 0.15) is 13.8 Å². The van der Waals surface area contributed by atoms with Crippen LogP contribution in [-0.2, 0) is 0 Å². The average Bonchev–Trinajstić information content (AvgIpc) is 2.92. The lowest BCUT2D eigenvalue weighted by molar-refractivity contribution is 0.223. The van der Waals surface area contributed by atoms with Crippen molar-refractivity contribution in [2.75, 3.05) is 38.7 Å². The van der Waals surface area contributed by atoms with Gasteiger partial charge in [-0.3, -0.25) is 0 Å². The minimum Gasteiger partial charge on any atom is -0.497 e. The van der Waals surface area contributed by atoms with E-state index in [0.717, 1.165) is 53.5 Å². The van der Waals surface area contributed by atoms with E-state index >= 15 is 0 Å². The fourth-order valence-electron chi connectivity index (χ4n) is 3.86. The fourth-order valence-corrected chi connectivity index (χ4v) is 4.14. The van der Waals surface area contributed by atoms with E-state index in [1.807, 2.05) is 78.9 Å². The van der Waals surface area contributed by atoms with Gasteiger partial charge in [0.15, 0.2) is 5.82 Å². The number of nitrogens with zero attached hydrogens (tertiary/aromatic N) is 3. The van der Waals surface area contributed by atoms with Crippen LogP contribution in [0.25, 0.3) is 22.5 Å². The number of methoxy groups -OCH3 is 1. The van der Waals surface area contributed by atoms with E-state index < -0.39 is 0 Å². The third-order valence-electron chi connectivity index (χ3n) is 5.96. The van der Waals surface area contributed by atoms with Gasteiger partial charge in [-0.25, -0.2) is 9.97 Å². The van der Waals surface area contributed by atoms with Gasteiger partial charge in [0.2, 0.25) is 0 Å². The Kier molecular flexibility index (Phi) is 8.76. The topological polar surface area (TPSA) is 59.5 Å². The van der Waals surface area contributed by atoms with Gasteiger partial charge in [0.25, 0.3) is 0 Å². The molecule has 0 radical (unpaired) electrons. The summed E-state index contributed by atoms with van der Waals surface area (Å²) in [6, 6.07) is 25.4. The molecule has 0 aliphatic heterocycles. The number of benzene rings is 3. The third-order valence-corrected chi connectivity index (χ3v) is 6.24. The molecule has 7 heteroatoms. The van der Waals surface area contributed by atoms with Gasteiger partial charge in [0, 0.05) is 17.8 Å². The summed E-state index contributed by atoms with van der Waals surface area (Å²) in [6.45, 7) is 7.92. The van der Waals surface area contributed by atoms with Crippen molar-refractivity contribution < 1.29 is 9.47 Å². The summed E-state index contributed by atoms with van der Waals surface area (Å²) >= 11 is 6.74. The van der Waals surface area contributed by atoms with Gasteiger partial charge >= 0.3 is 0 Å². The Balaban J connectivity index is 1.60. The Morgan fingerprint density at radius 3 is 2.11 bits per heavy atom. The average molecular weight is 503 g/mol. The van der Waals surface area contributed by atoms with Crippen LogP contribution in [0.2, 0.25) is 5.15 Å². The first kappa shape index (κ1) is 25.5. The Hall–Kier alpha value is -3.61. The summed E-state index contributed by atoms with van der Waals surface area (Å²) in [4.78, 5) is 11.8. The lowest BCUT2D eigenvalue weighted by Crippen LogP contribution is -2.27. The van der Waals surface area contributed by atoms with E-state index in [9.17, 15) is 0 Å². The van der Waals surface area contributed by atoms with Crippen molar-refractivity contribution in [1.29, 1.82) is 0 Å². The Bertz CT molecular complexity index is 1250. The highest BCUT2D eigenvalue weighted by Crippen LogP contribution is 2.36. The lowest BCUT2D eigenvalue weighted by Gasteiger charge is -2.18. The lowest BCUT2D eigenvalue weighted by atomic mass is 10.1. The van der Waals surface area contributed by atoms with Crippen molar-refractivity contribution in [2.24, 2.45) is 0 Å². The van der Waals surface area contributed by atoms with Crippen molar-refractivity contribution in [3.8, 4) is 34.0 Å². The predicted molar refractivity (Wildman–Crippen MR) is 147 cm³/mol. The number of rotatable bonds is 11. The molecule has 6 nitrogen and oxygen atoms in total. The van der Waals surface area contributed by atoms with Gasteiger partial charge in [-0.1, -0.05) is 55.8 Å². The molecule has 186 valence electrons. The van der Waals surface area contributed by atoms with Crippen molar-refractivity contribution in [2.45, 2.75) is 13.8 Å². The molecule has 1 N–H and O–H groups in total. The van der Waals surface area contributed by atoms with Crippen LogP contribution >= 0.6 is 11.6 Å². The summed E-state index contributed by atoms with van der Waals surface area (Å²) in [5.74, 6) is 2.75. The molecule has 0 aliphatic rings. The smallest absolute Gasteiger partial charge is 0.163 e. The molecule has 0 unspecified atom stereocenters. The van der Waals surface area contributed by atoms with Gasteiger partial charge < -0.3 is 19.7 Å². The van der Waals surface area contributed by atoms with E-state index in [2.05, 4.69) is 29.0 Å². The van der Waals surface area contributed by atoms with Gasteiger partial charge in [-0.05, 0) is 67.2 Å². The maximum Gasteiger partial charge on any atom is 0.163 e. The summed E-state index contributed by atoms with van der Waals surface area (Å²) in [6.07, 6.45) is 0. The van der Waals surface area contributed by atoms with Gasteiger partial charge in [-0.15, -0.1) is 0 Å². The second-order valence-electron chi connectivity index (χ2n) is 8.18. The summed E-state index contributed by atoms with van der Waals surface area (Å²) in [5.41, 5.74) is 3.40. The molecule has 36 heavy (non-hydrogen) atoms. The molecule has 4 aromatic rings. The number of likely N-dealkylation sites (N-methyl/N-ethyl adjacent to an activating group) is 1. The van der Waals surface area contributed by atoms with Gasteiger partial charge in [0.1, 0.15) is 29.1 Å². The maximum atomic E-state index is 6.74. The molecule has 0 spiro atoms. The summed E-state index contributed by atoms with van der Waals surface area (Å²) < 4.78 is 11.2. The molecular formula is C29H31ClN4O2. The molecule has 0 saturated carbocycles. The normalized spacial score (nSPS) is 10.9. The molecular weight excluding hydrogens is 472 g/mol. The van der Waals surface area contributed by atoms with Gasteiger partial charge in [-0.2, -0.15) is 0 Å². The number of aromatic nitrogens is 2. The zero-order valence-electron chi connectivity index (χ0n) is 20.9. The molecule has 3 aromatic carbocycles. The summed E-state index contributed by atoms with van der Waals surface area (Å²) in [7, 11) is 1.64. The molecule has 0 saturated heterocycles. The monoisotopic (exact) mass is 502 g/mol.